The van der Waals surface area contributed by atoms with Crippen LogP contribution in [0.2, 0.25) is 0 Å². The summed E-state index contributed by atoms with van der Waals surface area (Å²) in [6.07, 6.45) is 3.41. The van der Waals surface area contributed by atoms with Gasteiger partial charge in [-0.25, -0.2) is 0 Å². The first-order valence-corrected chi connectivity index (χ1v) is 11.2. The molecule has 3 aromatic rings. The molecular formula is C27H32N2O2. The predicted octanol–water partition coefficient (Wildman–Crippen LogP) is 5.31. The summed E-state index contributed by atoms with van der Waals surface area (Å²) in [6.45, 7) is 3.90. The molecule has 0 spiro atoms. The van der Waals surface area contributed by atoms with E-state index in [1.165, 1.54) is 11.1 Å². The van der Waals surface area contributed by atoms with Gasteiger partial charge in [0.25, 0.3) is 0 Å². The van der Waals surface area contributed by atoms with Gasteiger partial charge in [-0.15, -0.1) is 0 Å². The lowest BCUT2D eigenvalue weighted by Crippen LogP contribution is -2.38. The van der Waals surface area contributed by atoms with Gasteiger partial charge in [-0.3, -0.25) is 0 Å². The highest BCUT2D eigenvalue weighted by Crippen LogP contribution is 2.30. The van der Waals surface area contributed by atoms with Crippen LogP contribution in [0.3, 0.4) is 0 Å². The molecule has 1 heterocycles. The van der Waals surface area contributed by atoms with E-state index in [9.17, 15) is 0 Å². The molecule has 4 nitrogen and oxygen atoms in total. The molecule has 2 N–H and O–H groups in total. The van der Waals surface area contributed by atoms with Crippen molar-refractivity contribution in [3.63, 3.8) is 0 Å². The molecule has 1 aliphatic heterocycles. The van der Waals surface area contributed by atoms with Crippen LogP contribution >= 0.6 is 0 Å². The van der Waals surface area contributed by atoms with Gasteiger partial charge >= 0.3 is 0 Å². The van der Waals surface area contributed by atoms with Gasteiger partial charge in [-0.1, -0.05) is 66.7 Å². The number of benzene rings is 3. The summed E-state index contributed by atoms with van der Waals surface area (Å²) in [5.41, 5.74) is 8.98. The van der Waals surface area contributed by atoms with Crippen molar-refractivity contribution in [2.45, 2.75) is 31.5 Å². The first-order chi connectivity index (χ1) is 15.3. The largest absolute Gasteiger partial charge is 0.493 e. The van der Waals surface area contributed by atoms with Gasteiger partial charge in [0.1, 0.15) is 11.9 Å². The van der Waals surface area contributed by atoms with Gasteiger partial charge < -0.3 is 20.1 Å². The summed E-state index contributed by atoms with van der Waals surface area (Å²) in [6, 6.07) is 28.7. The Morgan fingerprint density at radius 3 is 2.10 bits per heavy atom. The van der Waals surface area contributed by atoms with E-state index in [1.54, 1.807) is 0 Å². The fraction of sp³-hybridized carbons (Fsp3) is 0.333. The second-order valence-electron chi connectivity index (χ2n) is 8.15. The van der Waals surface area contributed by atoms with E-state index in [-0.39, 0.29) is 12.2 Å². The average Bonchev–Trinajstić information content (AvgIpc) is 2.82. The Labute approximate surface area is 185 Å². The quantitative estimate of drug-likeness (QED) is 0.379. The number of rotatable bonds is 9. The van der Waals surface area contributed by atoms with Crippen molar-refractivity contribution in [1.29, 1.82) is 0 Å². The van der Waals surface area contributed by atoms with E-state index in [2.05, 4.69) is 65.6 Å². The zero-order valence-electron chi connectivity index (χ0n) is 18.0. The fourth-order valence-electron chi connectivity index (χ4n) is 4.15. The van der Waals surface area contributed by atoms with Crippen molar-refractivity contribution in [3.05, 3.63) is 96.1 Å². The van der Waals surface area contributed by atoms with Crippen molar-refractivity contribution in [2.24, 2.45) is 0 Å². The number of hydrogen-bond donors (Lipinski definition) is 1. The third-order valence-corrected chi connectivity index (χ3v) is 5.81. The number of nitrogen functional groups attached to an aromatic ring is 1. The van der Waals surface area contributed by atoms with Gasteiger partial charge in [0.05, 0.1) is 12.7 Å². The maximum absolute atomic E-state index is 6.64. The first kappa shape index (κ1) is 21.4. The van der Waals surface area contributed by atoms with Crippen LogP contribution < -0.4 is 10.5 Å². The van der Waals surface area contributed by atoms with Crippen molar-refractivity contribution >= 4 is 5.69 Å². The topological polar surface area (TPSA) is 47.7 Å². The van der Waals surface area contributed by atoms with Crippen LogP contribution in [0.1, 0.15) is 36.5 Å². The molecule has 1 fully saturated rings. The Kier molecular flexibility index (Phi) is 7.59. The lowest BCUT2D eigenvalue weighted by Gasteiger charge is -2.34. The molecule has 31 heavy (non-hydrogen) atoms. The molecule has 4 rings (SSSR count). The van der Waals surface area contributed by atoms with Crippen LogP contribution in [0.5, 0.6) is 5.75 Å². The van der Waals surface area contributed by atoms with Crippen molar-refractivity contribution in [2.75, 3.05) is 32.0 Å². The smallest absolute Gasteiger partial charge is 0.121 e. The van der Waals surface area contributed by atoms with E-state index < -0.39 is 0 Å². The van der Waals surface area contributed by atoms with E-state index in [0.717, 1.165) is 50.3 Å². The fourth-order valence-corrected chi connectivity index (χ4v) is 4.15. The molecule has 0 bridgehead atoms. The first-order valence-electron chi connectivity index (χ1n) is 11.2. The summed E-state index contributed by atoms with van der Waals surface area (Å²) in [5, 5.41) is 0. The maximum Gasteiger partial charge on any atom is 0.121 e. The van der Waals surface area contributed by atoms with Gasteiger partial charge in [-0.05, 0) is 42.5 Å². The molecule has 4 heteroatoms. The Balaban J connectivity index is 1.24. The minimum absolute atomic E-state index is 0.00865. The Morgan fingerprint density at radius 1 is 0.839 bits per heavy atom. The SMILES string of the molecule is Nc1cccc(OCCCN2CCC(OC(c3ccccc3)c3ccccc3)CC2)c1. The van der Waals surface area contributed by atoms with Crippen LogP contribution in [0, 0.1) is 0 Å². The number of likely N-dealkylation sites (tertiary alicyclic amines) is 1. The molecule has 0 aromatic heterocycles. The Hall–Kier alpha value is -2.82. The zero-order valence-corrected chi connectivity index (χ0v) is 18.0. The van der Waals surface area contributed by atoms with Gasteiger partial charge in [-0.2, -0.15) is 0 Å². The summed E-state index contributed by atoms with van der Waals surface area (Å²) in [5.74, 6) is 0.847. The number of nitrogens with two attached hydrogens (primary N) is 1. The monoisotopic (exact) mass is 416 g/mol. The highest BCUT2D eigenvalue weighted by molar-refractivity contribution is 5.43. The number of anilines is 1. The lowest BCUT2D eigenvalue weighted by atomic mass is 10.00. The number of nitrogens with zero attached hydrogens (tertiary/aromatic N) is 1. The number of hydrogen-bond acceptors (Lipinski definition) is 4. The minimum atomic E-state index is -0.00865. The van der Waals surface area contributed by atoms with Gasteiger partial charge in [0.15, 0.2) is 0 Å². The summed E-state index contributed by atoms with van der Waals surface area (Å²) < 4.78 is 12.5. The summed E-state index contributed by atoms with van der Waals surface area (Å²) in [4.78, 5) is 2.52. The summed E-state index contributed by atoms with van der Waals surface area (Å²) >= 11 is 0. The zero-order chi connectivity index (χ0) is 21.3. The third kappa shape index (κ3) is 6.33. The van der Waals surface area contributed by atoms with Crippen LogP contribution in [-0.4, -0.2) is 37.2 Å². The standard InChI is InChI=1S/C27H32N2O2/c28-24-13-7-14-26(21-24)30-20-8-17-29-18-15-25(16-19-29)31-27(22-9-3-1-4-10-22)23-11-5-2-6-12-23/h1-7,9-14,21,25,27H,8,15-20,28H2. The normalized spacial score (nSPS) is 15.3. The summed E-state index contributed by atoms with van der Waals surface area (Å²) in [7, 11) is 0. The molecule has 0 saturated carbocycles. The van der Waals surface area contributed by atoms with Crippen LogP contribution in [-0.2, 0) is 4.74 Å². The third-order valence-electron chi connectivity index (χ3n) is 5.81. The molecular weight excluding hydrogens is 384 g/mol. The highest BCUT2D eigenvalue weighted by Gasteiger charge is 2.24. The molecule has 3 aromatic carbocycles. The minimum Gasteiger partial charge on any atom is -0.493 e. The van der Waals surface area contributed by atoms with E-state index in [1.807, 2.05) is 24.3 Å². The van der Waals surface area contributed by atoms with Crippen molar-refractivity contribution in [1.82, 2.24) is 4.90 Å². The van der Waals surface area contributed by atoms with Gasteiger partial charge in [0, 0.05) is 31.4 Å². The molecule has 1 saturated heterocycles. The van der Waals surface area contributed by atoms with E-state index >= 15 is 0 Å². The van der Waals surface area contributed by atoms with Gasteiger partial charge in [0.2, 0.25) is 0 Å². The van der Waals surface area contributed by atoms with E-state index in [4.69, 9.17) is 15.2 Å². The Bertz CT molecular complexity index is 869. The molecule has 0 radical (unpaired) electrons. The predicted molar refractivity (Wildman–Crippen MR) is 126 cm³/mol. The van der Waals surface area contributed by atoms with Crippen molar-refractivity contribution < 1.29 is 9.47 Å². The molecule has 1 aliphatic rings. The lowest BCUT2D eigenvalue weighted by molar-refractivity contribution is -0.0273. The second kappa shape index (κ2) is 11.0. The Morgan fingerprint density at radius 2 is 1.48 bits per heavy atom. The maximum atomic E-state index is 6.64. The molecule has 162 valence electrons. The second-order valence-corrected chi connectivity index (χ2v) is 8.15. The van der Waals surface area contributed by atoms with Crippen LogP contribution in [0.4, 0.5) is 5.69 Å². The number of piperidine rings is 1. The number of ether oxygens (including phenoxy) is 2. The van der Waals surface area contributed by atoms with Crippen molar-refractivity contribution in [3.8, 4) is 5.75 Å². The van der Waals surface area contributed by atoms with E-state index in [0.29, 0.717) is 6.61 Å². The highest BCUT2D eigenvalue weighted by atomic mass is 16.5. The van der Waals surface area contributed by atoms with Crippen LogP contribution in [0.15, 0.2) is 84.9 Å². The molecule has 0 amide bonds. The molecule has 0 unspecified atom stereocenters. The molecule has 0 aliphatic carbocycles. The average molecular weight is 417 g/mol. The van der Waals surface area contributed by atoms with Crippen LogP contribution in [0.25, 0.3) is 0 Å². The molecule has 0 atom stereocenters.